The maximum atomic E-state index is 5.42. The molecule has 1 N–H and O–H groups in total. The fourth-order valence-corrected chi connectivity index (χ4v) is 3.59. The number of nitrogens with one attached hydrogen (secondary N) is 1. The molecule has 0 saturated carbocycles. The minimum atomic E-state index is 0.462. The van der Waals surface area contributed by atoms with Gasteiger partial charge in [-0.2, -0.15) is 0 Å². The lowest BCUT2D eigenvalue weighted by molar-refractivity contribution is 0.0609. The first-order valence-electron chi connectivity index (χ1n) is 6.39. The van der Waals surface area contributed by atoms with Gasteiger partial charge >= 0.3 is 0 Å². The summed E-state index contributed by atoms with van der Waals surface area (Å²) in [6.45, 7) is 6.07. The zero-order valence-electron chi connectivity index (χ0n) is 11.0. The minimum Gasteiger partial charge on any atom is -0.381 e. The third-order valence-electron chi connectivity index (χ3n) is 3.51. The van der Waals surface area contributed by atoms with Gasteiger partial charge in [0.1, 0.15) is 0 Å². The number of hydrogen-bond acceptors (Lipinski definition) is 4. The topological polar surface area (TPSA) is 34.1 Å². The van der Waals surface area contributed by atoms with E-state index in [9.17, 15) is 0 Å². The molecule has 1 aliphatic rings. The molecule has 2 rings (SSSR count). The highest BCUT2D eigenvalue weighted by Crippen LogP contribution is 2.32. The molecule has 0 aliphatic carbocycles. The van der Waals surface area contributed by atoms with Crippen molar-refractivity contribution in [2.75, 3.05) is 20.3 Å². The van der Waals surface area contributed by atoms with E-state index in [0.29, 0.717) is 6.04 Å². The monoisotopic (exact) mass is 254 g/mol. The summed E-state index contributed by atoms with van der Waals surface area (Å²) < 4.78 is 5.42. The van der Waals surface area contributed by atoms with Gasteiger partial charge in [0.25, 0.3) is 0 Å². The lowest BCUT2D eigenvalue weighted by Gasteiger charge is -2.26. The molecule has 1 unspecified atom stereocenters. The molecule has 96 valence electrons. The highest BCUT2D eigenvalue weighted by Gasteiger charge is 2.22. The second-order valence-electron chi connectivity index (χ2n) is 4.82. The van der Waals surface area contributed by atoms with Gasteiger partial charge in [0.2, 0.25) is 0 Å². The van der Waals surface area contributed by atoms with Crippen LogP contribution in [0.5, 0.6) is 0 Å². The largest absolute Gasteiger partial charge is 0.381 e. The van der Waals surface area contributed by atoms with Crippen LogP contribution in [-0.4, -0.2) is 25.2 Å². The van der Waals surface area contributed by atoms with Crippen LogP contribution in [0.1, 0.15) is 40.9 Å². The number of nitrogens with zero attached hydrogens (tertiary/aromatic N) is 1. The van der Waals surface area contributed by atoms with Gasteiger partial charge in [-0.25, -0.2) is 4.98 Å². The van der Waals surface area contributed by atoms with Crippen LogP contribution in [0.2, 0.25) is 0 Å². The van der Waals surface area contributed by atoms with Crippen LogP contribution in [0, 0.1) is 19.8 Å². The predicted octanol–water partition coefficient (Wildman–Crippen LogP) is 2.84. The third-order valence-corrected chi connectivity index (χ3v) is 4.70. The number of ether oxygens (including phenoxy) is 1. The Kier molecular flexibility index (Phi) is 4.54. The summed E-state index contributed by atoms with van der Waals surface area (Å²) in [5.41, 5.74) is 1.19. The van der Waals surface area contributed by atoms with E-state index in [4.69, 9.17) is 4.74 Å². The lowest BCUT2D eigenvalue weighted by Crippen LogP contribution is -2.23. The van der Waals surface area contributed by atoms with Crippen LogP contribution in [0.15, 0.2) is 0 Å². The Labute approximate surface area is 108 Å². The molecule has 0 bridgehead atoms. The van der Waals surface area contributed by atoms with E-state index >= 15 is 0 Å². The second kappa shape index (κ2) is 5.94. The Balaban J connectivity index is 2.02. The van der Waals surface area contributed by atoms with E-state index in [2.05, 4.69) is 31.2 Å². The number of thiazole rings is 1. The van der Waals surface area contributed by atoms with Crippen molar-refractivity contribution in [1.82, 2.24) is 10.3 Å². The van der Waals surface area contributed by atoms with Crippen LogP contribution < -0.4 is 5.32 Å². The zero-order valence-corrected chi connectivity index (χ0v) is 11.8. The lowest BCUT2D eigenvalue weighted by atomic mass is 9.91. The molecular formula is C13H22N2OS. The summed E-state index contributed by atoms with van der Waals surface area (Å²) in [6, 6.07) is 0.462. The number of rotatable bonds is 4. The molecule has 1 saturated heterocycles. The van der Waals surface area contributed by atoms with Crippen molar-refractivity contribution >= 4 is 11.3 Å². The van der Waals surface area contributed by atoms with E-state index in [1.54, 1.807) is 0 Å². The van der Waals surface area contributed by atoms with Crippen LogP contribution >= 0.6 is 11.3 Å². The molecule has 4 heteroatoms. The van der Waals surface area contributed by atoms with Gasteiger partial charge in [0, 0.05) is 24.1 Å². The van der Waals surface area contributed by atoms with Gasteiger partial charge in [0.15, 0.2) is 0 Å². The molecule has 17 heavy (non-hydrogen) atoms. The number of aryl methyl sites for hydroxylation is 2. The van der Waals surface area contributed by atoms with E-state index in [1.807, 2.05) is 11.3 Å². The number of hydrogen-bond donors (Lipinski definition) is 1. The van der Waals surface area contributed by atoms with E-state index < -0.39 is 0 Å². The Morgan fingerprint density at radius 1 is 1.41 bits per heavy atom. The molecule has 3 nitrogen and oxygen atoms in total. The van der Waals surface area contributed by atoms with E-state index in [-0.39, 0.29) is 0 Å². The maximum Gasteiger partial charge on any atom is 0.0900 e. The summed E-state index contributed by atoms with van der Waals surface area (Å²) in [4.78, 5) is 5.94. The first-order valence-corrected chi connectivity index (χ1v) is 7.21. The van der Waals surface area contributed by atoms with E-state index in [0.717, 1.165) is 19.1 Å². The SMILES string of the molecule is CNC(CC1CCOCC1)c1sc(C)nc1C. The van der Waals surface area contributed by atoms with Crippen molar-refractivity contribution < 1.29 is 4.74 Å². The van der Waals surface area contributed by atoms with Crippen molar-refractivity contribution in [2.24, 2.45) is 5.92 Å². The van der Waals surface area contributed by atoms with Gasteiger partial charge in [0.05, 0.1) is 10.7 Å². The molecule has 2 heterocycles. The smallest absolute Gasteiger partial charge is 0.0900 e. The highest BCUT2D eigenvalue weighted by atomic mass is 32.1. The average molecular weight is 254 g/mol. The minimum absolute atomic E-state index is 0.462. The van der Waals surface area contributed by atoms with Crippen molar-refractivity contribution in [1.29, 1.82) is 0 Å². The zero-order chi connectivity index (χ0) is 12.3. The Morgan fingerprint density at radius 3 is 2.65 bits per heavy atom. The van der Waals surface area contributed by atoms with Crippen molar-refractivity contribution in [3.05, 3.63) is 15.6 Å². The standard InChI is InChI=1S/C13H22N2OS/c1-9-13(17-10(2)15-9)12(14-3)8-11-4-6-16-7-5-11/h11-12,14H,4-8H2,1-3H3. The second-order valence-corrected chi connectivity index (χ2v) is 6.05. The fraction of sp³-hybridized carbons (Fsp3) is 0.769. The highest BCUT2D eigenvalue weighted by molar-refractivity contribution is 7.11. The summed E-state index contributed by atoms with van der Waals surface area (Å²) in [7, 11) is 2.05. The molecule has 0 aromatic carbocycles. The van der Waals surface area contributed by atoms with Gasteiger partial charge in [-0.1, -0.05) is 0 Å². The first kappa shape index (κ1) is 13.0. The van der Waals surface area contributed by atoms with Crippen molar-refractivity contribution in [3.63, 3.8) is 0 Å². The quantitative estimate of drug-likeness (QED) is 0.897. The average Bonchev–Trinajstić information content (AvgIpc) is 2.67. The molecular weight excluding hydrogens is 232 g/mol. The van der Waals surface area contributed by atoms with Crippen LogP contribution in [0.4, 0.5) is 0 Å². The molecule has 1 fully saturated rings. The summed E-state index contributed by atoms with van der Waals surface area (Å²) >= 11 is 1.83. The van der Waals surface area contributed by atoms with Crippen LogP contribution in [0.25, 0.3) is 0 Å². The van der Waals surface area contributed by atoms with E-state index in [1.165, 1.54) is 34.8 Å². The van der Waals surface area contributed by atoms with Gasteiger partial charge in [-0.15, -0.1) is 11.3 Å². The Morgan fingerprint density at radius 2 is 2.12 bits per heavy atom. The van der Waals surface area contributed by atoms with Gasteiger partial charge < -0.3 is 10.1 Å². The third kappa shape index (κ3) is 3.27. The molecule has 1 aromatic heterocycles. The summed E-state index contributed by atoms with van der Waals surface area (Å²) in [6.07, 6.45) is 3.62. The number of aromatic nitrogens is 1. The predicted molar refractivity (Wildman–Crippen MR) is 71.5 cm³/mol. The van der Waals surface area contributed by atoms with Crippen molar-refractivity contribution in [3.8, 4) is 0 Å². The molecule has 1 aliphatic heterocycles. The first-order chi connectivity index (χ1) is 8.20. The molecule has 1 aromatic rings. The molecule has 0 radical (unpaired) electrons. The van der Waals surface area contributed by atoms with Crippen molar-refractivity contribution in [2.45, 2.75) is 39.2 Å². The Hall–Kier alpha value is -0.450. The van der Waals surface area contributed by atoms with Crippen LogP contribution in [-0.2, 0) is 4.74 Å². The maximum absolute atomic E-state index is 5.42. The molecule has 0 amide bonds. The molecule has 0 spiro atoms. The normalized spacial score (nSPS) is 19.5. The molecule has 1 atom stereocenters. The Bertz CT molecular complexity index is 358. The summed E-state index contributed by atoms with van der Waals surface area (Å²) in [5.74, 6) is 0.794. The summed E-state index contributed by atoms with van der Waals surface area (Å²) in [5, 5.41) is 4.62. The fourth-order valence-electron chi connectivity index (χ4n) is 2.54. The van der Waals surface area contributed by atoms with Crippen LogP contribution in [0.3, 0.4) is 0 Å². The van der Waals surface area contributed by atoms with Gasteiger partial charge in [-0.3, -0.25) is 0 Å². The van der Waals surface area contributed by atoms with Gasteiger partial charge in [-0.05, 0) is 46.1 Å².